The fourth-order valence-corrected chi connectivity index (χ4v) is 2.73. The van der Waals surface area contributed by atoms with Crippen LogP contribution < -0.4 is 14.2 Å². The lowest BCUT2D eigenvalue weighted by atomic mass is 10.0. The van der Waals surface area contributed by atoms with Gasteiger partial charge in [0.05, 0.1) is 20.8 Å². The summed E-state index contributed by atoms with van der Waals surface area (Å²) in [5, 5.41) is 0. The summed E-state index contributed by atoms with van der Waals surface area (Å²) in [5.41, 5.74) is 2.57. The van der Waals surface area contributed by atoms with Crippen LogP contribution in [0.4, 0.5) is 0 Å². The summed E-state index contributed by atoms with van der Waals surface area (Å²) in [5.74, 6) is 2.17. The van der Waals surface area contributed by atoms with Crippen molar-refractivity contribution in [2.75, 3.05) is 20.8 Å². The van der Waals surface area contributed by atoms with Crippen LogP contribution in [-0.2, 0) is 6.42 Å². The Hall–Kier alpha value is -2.75. The molecule has 0 fully saturated rings. The third kappa shape index (κ3) is 4.88. The van der Waals surface area contributed by atoms with Crippen molar-refractivity contribution in [1.29, 1.82) is 0 Å². The predicted molar refractivity (Wildman–Crippen MR) is 105 cm³/mol. The summed E-state index contributed by atoms with van der Waals surface area (Å²) in [6.45, 7) is 4.65. The number of hydrogen-bond acceptors (Lipinski definition) is 4. The molecular formula is C22H26O4. The molecule has 2 aromatic rings. The zero-order valence-corrected chi connectivity index (χ0v) is 15.9. The quantitative estimate of drug-likeness (QED) is 0.472. The van der Waals surface area contributed by atoms with Gasteiger partial charge in [0.25, 0.3) is 0 Å². The van der Waals surface area contributed by atoms with Gasteiger partial charge in [-0.3, -0.25) is 4.79 Å². The summed E-state index contributed by atoms with van der Waals surface area (Å²) >= 11 is 0. The van der Waals surface area contributed by atoms with Gasteiger partial charge in [0.1, 0.15) is 17.2 Å². The van der Waals surface area contributed by atoms with Gasteiger partial charge in [-0.2, -0.15) is 0 Å². The van der Waals surface area contributed by atoms with Gasteiger partial charge in [-0.25, -0.2) is 0 Å². The van der Waals surface area contributed by atoms with Gasteiger partial charge in [-0.1, -0.05) is 13.3 Å². The van der Waals surface area contributed by atoms with Crippen LogP contribution in [0.2, 0.25) is 0 Å². The molecule has 0 spiro atoms. The Morgan fingerprint density at radius 2 is 1.69 bits per heavy atom. The molecule has 0 saturated carbocycles. The zero-order valence-electron chi connectivity index (χ0n) is 15.9. The minimum atomic E-state index is -0.0667. The fraction of sp³-hybridized carbons (Fsp3) is 0.318. The molecule has 2 rings (SSSR count). The number of allylic oxidation sites excluding steroid dienone is 1. The average molecular weight is 354 g/mol. The molecule has 0 aliphatic carbocycles. The van der Waals surface area contributed by atoms with Gasteiger partial charge in [0.2, 0.25) is 0 Å². The molecule has 0 bridgehead atoms. The summed E-state index contributed by atoms with van der Waals surface area (Å²) in [6.07, 6.45) is 5.27. The van der Waals surface area contributed by atoms with E-state index in [0.717, 1.165) is 35.5 Å². The molecule has 0 aromatic heterocycles. The molecular weight excluding hydrogens is 328 g/mol. The highest BCUT2D eigenvalue weighted by molar-refractivity contribution is 6.07. The standard InChI is InChI=1S/C22H26O4/c1-5-7-17-14-18(22(25-4)15-21(17)24-3)10-13-20(23)16-8-11-19(12-9-16)26-6-2/h8-15H,5-7H2,1-4H3. The zero-order chi connectivity index (χ0) is 18.9. The predicted octanol–water partition coefficient (Wildman–Crippen LogP) is 4.95. The molecule has 4 heteroatoms. The maximum absolute atomic E-state index is 12.4. The van der Waals surface area contributed by atoms with Crippen molar-refractivity contribution in [3.8, 4) is 17.2 Å². The van der Waals surface area contributed by atoms with Gasteiger partial charge in [0, 0.05) is 17.2 Å². The van der Waals surface area contributed by atoms with E-state index in [9.17, 15) is 4.79 Å². The first kappa shape index (κ1) is 19.6. The van der Waals surface area contributed by atoms with Crippen molar-refractivity contribution in [1.82, 2.24) is 0 Å². The van der Waals surface area contributed by atoms with Crippen molar-refractivity contribution in [3.63, 3.8) is 0 Å². The number of methoxy groups -OCH3 is 2. The lowest BCUT2D eigenvalue weighted by Gasteiger charge is -2.12. The summed E-state index contributed by atoms with van der Waals surface area (Å²) < 4.78 is 16.3. The van der Waals surface area contributed by atoms with Crippen LogP contribution in [0.25, 0.3) is 6.08 Å². The third-order valence-corrected chi connectivity index (χ3v) is 4.02. The second-order valence-corrected chi connectivity index (χ2v) is 5.81. The van der Waals surface area contributed by atoms with Crippen LogP contribution in [0.3, 0.4) is 0 Å². The van der Waals surface area contributed by atoms with Gasteiger partial charge in [0.15, 0.2) is 5.78 Å². The van der Waals surface area contributed by atoms with Crippen molar-refractivity contribution in [2.24, 2.45) is 0 Å². The van der Waals surface area contributed by atoms with E-state index in [-0.39, 0.29) is 5.78 Å². The lowest BCUT2D eigenvalue weighted by molar-refractivity contribution is 0.104. The Kier molecular flexibility index (Phi) is 7.27. The Morgan fingerprint density at radius 3 is 2.27 bits per heavy atom. The molecule has 0 aliphatic rings. The summed E-state index contributed by atoms with van der Waals surface area (Å²) in [4.78, 5) is 12.4. The number of carbonyl (C=O) groups excluding carboxylic acids is 1. The maximum Gasteiger partial charge on any atom is 0.185 e. The highest BCUT2D eigenvalue weighted by Crippen LogP contribution is 2.31. The Balaban J connectivity index is 2.24. The minimum Gasteiger partial charge on any atom is -0.496 e. The number of ketones is 1. The monoisotopic (exact) mass is 354 g/mol. The fourth-order valence-electron chi connectivity index (χ4n) is 2.73. The molecule has 0 amide bonds. The SMILES string of the molecule is CCCc1cc(C=CC(=O)c2ccc(OCC)cc2)c(OC)cc1OC. The maximum atomic E-state index is 12.4. The highest BCUT2D eigenvalue weighted by Gasteiger charge is 2.10. The lowest BCUT2D eigenvalue weighted by Crippen LogP contribution is -1.98. The average Bonchev–Trinajstić information content (AvgIpc) is 2.67. The molecule has 0 heterocycles. The van der Waals surface area contributed by atoms with E-state index in [1.165, 1.54) is 0 Å². The van der Waals surface area contributed by atoms with Crippen LogP contribution in [0.1, 0.15) is 41.8 Å². The number of ether oxygens (including phenoxy) is 3. The summed E-state index contributed by atoms with van der Waals surface area (Å²) in [7, 11) is 3.26. The molecule has 0 atom stereocenters. The second-order valence-electron chi connectivity index (χ2n) is 5.81. The Bertz CT molecular complexity index is 760. The van der Waals surface area contributed by atoms with E-state index < -0.39 is 0 Å². The van der Waals surface area contributed by atoms with Crippen LogP contribution in [0.15, 0.2) is 42.5 Å². The molecule has 0 radical (unpaired) electrons. The van der Waals surface area contributed by atoms with E-state index in [2.05, 4.69) is 6.92 Å². The van der Waals surface area contributed by atoms with E-state index in [1.54, 1.807) is 50.6 Å². The largest absolute Gasteiger partial charge is 0.496 e. The van der Waals surface area contributed by atoms with Gasteiger partial charge >= 0.3 is 0 Å². The molecule has 26 heavy (non-hydrogen) atoms. The van der Waals surface area contributed by atoms with Crippen LogP contribution in [-0.4, -0.2) is 26.6 Å². The molecule has 138 valence electrons. The van der Waals surface area contributed by atoms with E-state index in [0.29, 0.717) is 17.9 Å². The smallest absolute Gasteiger partial charge is 0.185 e. The third-order valence-electron chi connectivity index (χ3n) is 4.02. The number of carbonyl (C=O) groups is 1. The van der Waals surface area contributed by atoms with E-state index >= 15 is 0 Å². The van der Waals surface area contributed by atoms with Crippen LogP contribution in [0.5, 0.6) is 17.2 Å². The molecule has 0 N–H and O–H groups in total. The number of aryl methyl sites for hydroxylation is 1. The number of benzene rings is 2. The molecule has 0 unspecified atom stereocenters. The Morgan fingerprint density at radius 1 is 1.00 bits per heavy atom. The van der Waals surface area contributed by atoms with Crippen molar-refractivity contribution >= 4 is 11.9 Å². The highest BCUT2D eigenvalue weighted by atomic mass is 16.5. The summed E-state index contributed by atoms with van der Waals surface area (Å²) in [6, 6.07) is 11.0. The first-order chi connectivity index (χ1) is 12.6. The van der Waals surface area contributed by atoms with Crippen LogP contribution >= 0.6 is 0 Å². The van der Waals surface area contributed by atoms with E-state index in [1.807, 2.05) is 19.1 Å². The van der Waals surface area contributed by atoms with Gasteiger partial charge in [-0.15, -0.1) is 0 Å². The van der Waals surface area contributed by atoms with Crippen LogP contribution in [0, 0.1) is 0 Å². The van der Waals surface area contributed by atoms with Gasteiger partial charge < -0.3 is 14.2 Å². The molecule has 2 aromatic carbocycles. The van der Waals surface area contributed by atoms with Gasteiger partial charge in [-0.05, 0) is 61.4 Å². The normalized spacial score (nSPS) is 10.8. The minimum absolute atomic E-state index is 0.0667. The first-order valence-electron chi connectivity index (χ1n) is 8.83. The topological polar surface area (TPSA) is 44.8 Å². The number of rotatable bonds is 9. The first-order valence-corrected chi connectivity index (χ1v) is 8.83. The Labute approximate surface area is 155 Å². The molecule has 4 nitrogen and oxygen atoms in total. The second kappa shape index (κ2) is 9.66. The van der Waals surface area contributed by atoms with Crippen molar-refractivity contribution in [2.45, 2.75) is 26.7 Å². The van der Waals surface area contributed by atoms with Crippen molar-refractivity contribution in [3.05, 3.63) is 59.2 Å². The molecule has 0 saturated heterocycles. The number of hydrogen-bond donors (Lipinski definition) is 0. The van der Waals surface area contributed by atoms with E-state index in [4.69, 9.17) is 14.2 Å². The van der Waals surface area contributed by atoms with Crippen molar-refractivity contribution < 1.29 is 19.0 Å². The molecule has 0 aliphatic heterocycles.